The first kappa shape index (κ1) is 29.2. The van der Waals surface area contributed by atoms with E-state index in [0.717, 1.165) is 0 Å². The molecule has 4 heavy (non-hydrogen) atoms. The zero-order valence-corrected chi connectivity index (χ0v) is 6.62. The van der Waals surface area contributed by atoms with Gasteiger partial charge in [0, 0.05) is 0 Å². The average Bonchev–Trinajstić information content (AvgIpc) is 0. The summed E-state index contributed by atoms with van der Waals surface area (Å²) in [5.41, 5.74) is 0. The van der Waals surface area contributed by atoms with Crippen LogP contribution in [0.5, 0.6) is 0 Å². The van der Waals surface area contributed by atoms with E-state index in [4.69, 9.17) is 0 Å². The van der Waals surface area contributed by atoms with Crippen molar-refractivity contribution >= 4 is 0 Å². The monoisotopic (exact) mass is 74.0 g/mol. The molecule has 1 nitrogen and oxygen atoms in total. The molecular formula is H5KLi2O. The maximum atomic E-state index is 0. The van der Waals surface area contributed by atoms with E-state index in [-0.39, 0.29) is 98.9 Å². The molecule has 2 N–H and O–H groups in total. The van der Waals surface area contributed by atoms with Gasteiger partial charge in [-0.2, -0.15) is 0 Å². The van der Waals surface area contributed by atoms with Gasteiger partial charge in [-0.05, 0) is 0 Å². The molecule has 0 saturated heterocycles. The van der Waals surface area contributed by atoms with E-state index in [1.807, 2.05) is 0 Å². The third-order valence-electron chi connectivity index (χ3n) is 0. The summed E-state index contributed by atoms with van der Waals surface area (Å²) >= 11 is 0. The second-order valence-corrected chi connectivity index (χ2v) is 0. The Morgan fingerprint density at radius 1 is 1.00 bits per heavy atom. The molecule has 0 aromatic carbocycles. The second-order valence-electron chi connectivity index (χ2n) is 0. The van der Waals surface area contributed by atoms with E-state index in [2.05, 4.69) is 0 Å². The predicted molar refractivity (Wildman–Crippen MR) is 6.95 cm³/mol. The van der Waals surface area contributed by atoms with Crippen molar-refractivity contribution in [3.63, 3.8) is 0 Å². The van der Waals surface area contributed by atoms with Gasteiger partial charge < -0.3 is 9.76 Å². The second kappa shape index (κ2) is 17.1. The summed E-state index contributed by atoms with van der Waals surface area (Å²) in [4.78, 5) is 0. The molecule has 0 heterocycles. The normalized spacial score (nSPS) is 0. The van der Waals surface area contributed by atoms with Crippen LogP contribution in [0.2, 0.25) is 0 Å². The van der Waals surface area contributed by atoms with Gasteiger partial charge in [-0.3, -0.25) is 0 Å². The molecule has 4 heteroatoms. The molecule has 0 bridgehead atoms. The molecule has 0 aromatic heterocycles. The summed E-state index contributed by atoms with van der Waals surface area (Å²) in [5, 5.41) is 0. The van der Waals surface area contributed by atoms with Crippen LogP contribution in [0.25, 0.3) is 0 Å². The van der Waals surface area contributed by atoms with E-state index < -0.39 is 0 Å². The van der Waals surface area contributed by atoms with E-state index >= 15 is 0 Å². The molecule has 0 aliphatic carbocycles. The number of hydrogen-bond acceptors (Lipinski definition) is 0. The quantitative estimate of drug-likeness (QED) is 0.255. The van der Waals surface area contributed by atoms with Gasteiger partial charge in [0.25, 0.3) is 0 Å². The molecule has 14 valence electrons. The Bertz CT molecular complexity index is 12.9. The van der Waals surface area contributed by atoms with Gasteiger partial charge in [0.15, 0.2) is 0 Å². The molecule has 0 rings (SSSR count). The minimum atomic E-state index is 0. The van der Waals surface area contributed by atoms with Crippen molar-refractivity contribution in [1.82, 2.24) is 0 Å². The summed E-state index contributed by atoms with van der Waals surface area (Å²) in [6.07, 6.45) is 0. The maximum Gasteiger partial charge on any atom is 1.00 e. The van der Waals surface area contributed by atoms with Gasteiger partial charge in [0.05, 0.1) is 0 Å². The van der Waals surface area contributed by atoms with Crippen LogP contribution in [-0.4, -0.2) is 5.48 Å². The largest absolute Gasteiger partial charge is 1.00 e. The Morgan fingerprint density at radius 2 is 1.00 bits per heavy atom. The van der Waals surface area contributed by atoms with E-state index in [1.165, 1.54) is 0 Å². The van der Waals surface area contributed by atoms with Crippen LogP contribution in [0, 0.1) is 0 Å². The third kappa shape index (κ3) is 8.84. The van der Waals surface area contributed by atoms with Crippen LogP contribution in [0.1, 0.15) is 4.28 Å². The van der Waals surface area contributed by atoms with Crippen LogP contribution in [0.15, 0.2) is 0 Å². The molecule has 0 saturated carbocycles. The summed E-state index contributed by atoms with van der Waals surface area (Å²) in [6, 6.07) is 0. The summed E-state index contributed by atoms with van der Waals surface area (Å²) in [7, 11) is 0. The van der Waals surface area contributed by atoms with Crippen LogP contribution in [0.3, 0.4) is 0 Å². The van der Waals surface area contributed by atoms with Crippen molar-refractivity contribution in [2.24, 2.45) is 0 Å². The Kier molecular flexibility index (Phi) is 125. The van der Waals surface area contributed by atoms with E-state index in [9.17, 15) is 0 Å². The molecule has 0 atom stereocenters. The summed E-state index contributed by atoms with van der Waals surface area (Å²) < 4.78 is 0. The predicted octanol–water partition coefficient (Wildman–Crippen LogP) is -9.48. The van der Waals surface area contributed by atoms with Crippen molar-refractivity contribution < 1.29 is 98.9 Å². The standard InChI is InChI=1S/K.2Li.H2O.3H/h;;;1H2;;;/q3*+1;;3*-1. The number of hydrogen-bond donors (Lipinski definition) is 0. The number of rotatable bonds is 0. The smallest absolute Gasteiger partial charge is 1.00 e. The summed E-state index contributed by atoms with van der Waals surface area (Å²) in [6.45, 7) is 0. The fraction of sp³-hybridized carbons (Fsp3) is 0. The third-order valence-corrected chi connectivity index (χ3v) is 0. The molecule has 0 aliphatic heterocycles. The fourth-order valence-corrected chi connectivity index (χ4v) is 0. The molecule has 0 fully saturated rings. The minimum Gasteiger partial charge on any atom is -1.00 e. The van der Waals surface area contributed by atoms with Gasteiger partial charge in [-0.1, -0.05) is 0 Å². The Hall–Kier alpha value is 2.79. The molecule has 0 spiro atoms. The first-order chi connectivity index (χ1) is 0. The van der Waals surface area contributed by atoms with Crippen LogP contribution < -0.4 is 89.1 Å². The van der Waals surface area contributed by atoms with Crippen molar-refractivity contribution in [2.75, 3.05) is 0 Å². The van der Waals surface area contributed by atoms with Crippen molar-refractivity contribution in [3.05, 3.63) is 0 Å². The van der Waals surface area contributed by atoms with Crippen LogP contribution >= 0.6 is 0 Å². The van der Waals surface area contributed by atoms with E-state index in [1.54, 1.807) is 0 Å². The van der Waals surface area contributed by atoms with Gasteiger partial charge in [-0.15, -0.1) is 0 Å². The average molecular weight is 74.0 g/mol. The molecular weight excluding hydrogens is 69.0 g/mol. The van der Waals surface area contributed by atoms with Crippen molar-refractivity contribution in [3.8, 4) is 0 Å². The SMILES string of the molecule is O.[H-].[H-].[H-].[K+].[Li+].[Li+]. The Balaban J connectivity index is 0. The topological polar surface area (TPSA) is 31.5 Å². The zero-order chi connectivity index (χ0) is 0. The van der Waals surface area contributed by atoms with Crippen molar-refractivity contribution in [1.29, 1.82) is 0 Å². The molecule has 0 unspecified atom stereocenters. The fourth-order valence-electron chi connectivity index (χ4n) is 0. The molecule has 0 aromatic rings. The summed E-state index contributed by atoms with van der Waals surface area (Å²) in [5.74, 6) is 0. The first-order valence-corrected chi connectivity index (χ1v) is 0. The Morgan fingerprint density at radius 3 is 1.00 bits per heavy atom. The Labute approximate surface area is 96.8 Å². The minimum absolute atomic E-state index is 0. The van der Waals surface area contributed by atoms with Gasteiger partial charge in [0.1, 0.15) is 0 Å². The van der Waals surface area contributed by atoms with Crippen LogP contribution in [-0.2, 0) is 0 Å². The van der Waals surface area contributed by atoms with Gasteiger partial charge in [-0.25, -0.2) is 0 Å². The van der Waals surface area contributed by atoms with Gasteiger partial charge in [0.2, 0.25) is 0 Å². The van der Waals surface area contributed by atoms with Crippen molar-refractivity contribution in [2.45, 2.75) is 0 Å². The van der Waals surface area contributed by atoms with Crippen LogP contribution in [0.4, 0.5) is 0 Å². The molecule has 0 radical (unpaired) electrons. The molecule has 0 aliphatic rings. The molecule has 0 amide bonds. The van der Waals surface area contributed by atoms with E-state index in [0.29, 0.717) is 0 Å². The first-order valence-electron chi connectivity index (χ1n) is 0. The van der Waals surface area contributed by atoms with Gasteiger partial charge >= 0.3 is 89.1 Å². The maximum absolute atomic E-state index is 0. The zero-order valence-electron chi connectivity index (χ0n) is 6.50.